The largest absolute Gasteiger partial charge is 1.00 e. The first-order chi connectivity index (χ1) is 6.39. The van der Waals surface area contributed by atoms with Crippen LogP contribution in [0.1, 0.15) is 6.99 Å². The number of benzene rings is 1. The molecule has 0 aromatic heterocycles. The first-order valence-electron chi connectivity index (χ1n) is 3.54. The van der Waals surface area contributed by atoms with Crippen LogP contribution >= 0.6 is 0 Å². The molecule has 1 aromatic carbocycles. The van der Waals surface area contributed by atoms with E-state index in [1.807, 2.05) is 0 Å². The Balaban J connectivity index is 0. The van der Waals surface area contributed by atoms with E-state index >= 15 is 0 Å². The van der Waals surface area contributed by atoms with Gasteiger partial charge in [0.05, 0.1) is 5.56 Å². The molecule has 0 saturated carbocycles. The third-order valence-corrected chi connectivity index (χ3v) is 1.40. The molecule has 0 fully saturated rings. The zero-order valence-electron chi connectivity index (χ0n) is 8.84. The molecule has 0 aliphatic rings. The Morgan fingerprint density at radius 1 is 1.27 bits per heavy atom. The minimum absolute atomic E-state index is 0. The molecule has 1 aromatic rings. The second-order valence-electron chi connectivity index (χ2n) is 2.44. The number of ether oxygens (including phenoxy) is 1. The van der Waals surface area contributed by atoms with Gasteiger partial charge in [-0.15, -0.1) is 0 Å². The molecule has 0 saturated heterocycles. The van der Waals surface area contributed by atoms with Crippen molar-refractivity contribution in [1.29, 1.82) is 0 Å². The van der Waals surface area contributed by atoms with E-state index in [0.29, 0.717) is 0 Å². The minimum atomic E-state index is -4.40. The SMILES string of the molecule is NC(=O)Oc1ccc(C(F)(F)F)cc1.[H-].[Na+]. The summed E-state index contributed by atoms with van der Waals surface area (Å²) in [5, 5.41) is 0. The molecule has 0 aliphatic heterocycles. The molecule has 78 valence electrons. The van der Waals surface area contributed by atoms with Gasteiger partial charge in [0.2, 0.25) is 0 Å². The zero-order chi connectivity index (χ0) is 10.8. The van der Waals surface area contributed by atoms with Crippen molar-refractivity contribution in [3.63, 3.8) is 0 Å². The normalized spacial score (nSPS) is 10.3. The Morgan fingerprint density at radius 2 is 1.73 bits per heavy atom. The molecule has 0 heterocycles. The molecule has 1 rings (SSSR count). The predicted molar refractivity (Wildman–Crippen MR) is 42.8 cm³/mol. The molecule has 15 heavy (non-hydrogen) atoms. The number of hydrogen-bond acceptors (Lipinski definition) is 2. The number of halogens is 3. The van der Waals surface area contributed by atoms with Crippen molar-refractivity contribution < 1.29 is 53.7 Å². The molecule has 0 atom stereocenters. The van der Waals surface area contributed by atoms with Crippen LogP contribution < -0.4 is 40.0 Å². The van der Waals surface area contributed by atoms with Crippen molar-refractivity contribution in [3.05, 3.63) is 29.8 Å². The summed E-state index contributed by atoms with van der Waals surface area (Å²) in [6.45, 7) is 0. The summed E-state index contributed by atoms with van der Waals surface area (Å²) in [6.07, 6.45) is -5.46. The van der Waals surface area contributed by atoms with E-state index < -0.39 is 17.8 Å². The van der Waals surface area contributed by atoms with Crippen molar-refractivity contribution in [3.8, 4) is 5.75 Å². The third kappa shape index (κ3) is 4.55. The summed E-state index contributed by atoms with van der Waals surface area (Å²) in [5.41, 5.74) is 3.85. The average Bonchev–Trinajstić information content (AvgIpc) is 2.02. The van der Waals surface area contributed by atoms with Gasteiger partial charge in [-0.3, -0.25) is 0 Å². The molecule has 0 bridgehead atoms. The second-order valence-corrected chi connectivity index (χ2v) is 2.44. The standard InChI is InChI=1S/C8H6F3NO2.Na.H/c9-8(10,11)5-1-3-6(4-2-5)14-7(12)13;;/h1-4H,(H2,12,13);;/q;+1;-1. The molecule has 1 amide bonds. The van der Waals surface area contributed by atoms with E-state index in [1.54, 1.807) is 0 Å². The van der Waals surface area contributed by atoms with E-state index in [4.69, 9.17) is 0 Å². The number of carbonyl (C=O) groups is 1. The van der Waals surface area contributed by atoms with Crippen LogP contribution in [0, 0.1) is 0 Å². The maximum atomic E-state index is 12.0. The van der Waals surface area contributed by atoms with Crippen molar-refractivity contribution in [1.82, 2.24) is 0 Å². The van der Waals surface area contributed by atoms with Gasteiger partial charge in [0, 0.05) is 0 Å². The summed E-state index contributed by atoms with van der Waals surface area (Å²) in [4.78, 5) is 10.2. The van der Waals surface area contributed by atoms with Crippen molar-refractivity contribution >= 4 is 6.09 Å². The van der Waals surface area contributed by atoms with Gasteiger partial charge in [0.1, 0.15) is 5.75 Å². The zero-order valence-corrected chi connectivity index (χ0v) is 9.84. The third-order valence-electron chi connectivity index (χ3n) is 1.40. The fourth-order valence-electron chi connectivity index (χ4n) is 0.828. The van der Waals surface area contributed by atoms with Crippen LogP contribution in [0.2, 0.25) is 0 Å². The molecule has 0 spiro atoms. The number of nitrogens with two attached hydrogens (primary N) is 1. The first kappa shape index (κ1) is 14.3. The Morgan fingerprint density at radius 3 is 2.07 bits per heavy atom. The maximum absolute atomic E-state index is 12.0. The monoisotopic (exact) mass is 229 g/mol. The summed E-state index contributed by atoms with van der Waals surface area (Å²) in [7, 11) is 0. The predicted octanol–water partition coefficient (Wildman–Crippen LogP) is -0.721. The van der Waals surface area contributed by atoms with Gasteiger partial charge in [-0.1, -0.05) is 0 Å². The van der Waals surface area contributed by atoms with Crippen LogP contribution in [0.3, 0.4) is 0 Å². The number of rotatable bonds is 1. The Bertz CT molecular complexity index is 342. The van der Waals surface area contributed by atoms with Crippen molar-refractivity contribution in [2.24, 2.45) is 5.73 Å². The van der Waals surface area contributed by atoms with Crippen LogP contribution in [0.15, 0.2) is 24.3 Å². The van der Waals surface area contributed by atoms with Crippen LogP contribution in [0.4, 0.5) is 18.0 Å². The fourth-order valence-corrected chi connectivity index (χ4v) is 0.828. The summed E-state index contributed by atoms with van der Waals surface area (Å²) in [5.74, 6) is -0.0227. The molecule has 0 aliphatic carbocycles. The van der Waals surface area contributed by atoms with Gasteiger partial charge < -0.3 is 11.9 Å². The second kappa shape index (κ2) is 5.39. The summed E-state index contributed by atoms with van der Waals surface area (Å²) in [6, 6.07) is 3.65. The average molecular weight is 229 g/mol. The summed E-state index contributed by atoms with van der Waals surface area (Å²) < 4.78 is 40.5. The molecular formula is C8H7F3NNaO2. The smallest absolute Gasteiger partial charge is 1.00 e. The molecule has 7 heteroatoms. The maximum Gasteiger partial charge on any atom is 1.00 e. The van der Waals surface area contributed by atoms with Gasteiger partial charge >= 0.3 is 41.8 Å². The number of carbonyl (C=O) groups excluding carboxylic acids is 1. The number of alkyl halides is 3. The number of primary amides is 1. The van der Waals surface area contributed by atoms with Crippen molar-refractivity contribution in [2.75, 3.05) is 0 Å². The molecule has 0 unspecified atom stereocenters. The van der Waals surface area contributed by atoms with Gasteiger partial charge in [-0.05, 0) is 24.3 Å². The fraction of sp³-hybridized carbons (Fsp3) is 0.125. The van der Waals surface area contributed by atoms with Crippen LogP contribution in [-0.2, 0) is 6.18 Å². The molecule has 0 radical (unpaired) electrons. The summed E-state index contributed by atoms with van der Waals surface area (Å²) >= 11 is 0. The van der Waals surface area contributed by atoms with E-state index in [9.17, 15) is 18.0 Å². The van der Waals surface area contributed by atoms with Crippen LogP contribution in [0.25, 0.3) is 0 Å². The van der Waals surface area contributed by atoms with Crippen LogP contribution in [0.5, 0.6) is 5.75 Å². The van der Waals surface area contributed by atoms with Crippen molar-refractivity contribution in [2.45, 2.75) is 6.18 Å². The Kier molecular flexibility index (Phi) is 5.13. The topological polar surface area (TPSA) is 52.3 Å². The van der Waals surface area contributed by atoms with Gasteiger partial charge in [-0.25, -0.2) is 4.79 Å². The van der Waals surface area contributed by atoms with E-state index in [1.165, 1.54) is 0 Å². The van der Waals surface area contributed by atoms with E-state index in [2.05, 4.69) is 10.5 Å². The number of amides is 1. The van der Waals surface area contributed by atoms with Gasteiger partial charge in [-0.2, -0.15) is 13.2 Å². The van der Waals surface area contributed by atoms with E-state index in [-0.39, 0.29) is 36.7 Å². The molecule has 3 nitrogen and oxygen atoms in total. The van der Waals surface area contributed by atoms with Gasteiger partial charge in [0.15, 0.2) is 0 Å². The minimum Gasteiger partial charge on any atom is -1.00 e. The van der Waals surface area contributed by atoms with E-state index in [0.717, 1.165) is 24.3 Å². The first-order valence-corrected chi connectivity index (χ1v) is 3.54. The quantitative estimate of drug-likeness (QED) is 0.646. The van der Waals surface area contributed by atoms with Crippen LogP contribution in [-0.4, -0.2) is 6.09 Å². The Hall–Kier alpha value is -0.720. The Labute approximate surface area is 107 Å². The molecular weight excluding hydrogens is 222 g/mol. The van der Waals surface area contributed by atoms with Gasteiger partial charge in [0.25, 0.3) is 0 Å². The number of hydrogen-bond donors (Lipinski definition) is 1. The molecule has 2 N–H and O–H groups in total.